The zero-order chi connectivity index (χ0) is 20.7. The summed E-state index contributed by atoms with van der Waals surface area (Å²) in [6, 6.07) is 12.7. The summed E-state index contributed by atoms with van der Waals surface area (Å²) >= 11 is 0. The van der Waals surface area contributed by atoms with Crippen molar-refractivity contribution < 1.29 is 22.7 Å². The summed E-state index contributed by atoms with van der Waals surface area (Å²) in [4.78, 5) is 12.6. The summed E-state index contributed by atoms with van der Waals surface area (Å²) in [6.07, 6.45) is 0.739. The minimum absolute atomic E-state index is 0.0634. The van der Waals surface area contributed by atoms with Crippen molar-refractivity contribution in [1.29, 1.82) is 0 Å². The molecule has 0 spiro atoms. The van der Waals surface area contributed by atoms with Crippen molar-refractivity contribution in [2.24, 2.45) is 0 Å². The summed E-state index contributed by atoms with van der Waals surface area (Å²) in [5.74, 6) is 0.406. The summed E-state index contributed by atoms with van der Waals surface area (Å²) in [5.41, 5.74) is 0.256. The molecule has 0 radical (unpaired) electrons. The molecule has 2 rings (SSSR count). The minimum Gasteiger partial charge on any atom is -0.497 e. The molecule has 0 aliphatic carbocycles. The molecule has 2 aromatic rings. The van der Waals surface area contributed by atoms with Gasteiger partial charge in [0.2, 0.25) is 5.91 Å². The largest absolute Gasteiger partial charge is 0.497 e. The number of amides is 1. The van der Waals surface area contributed by atoms with Crippen LogP contribution in [-0.2, 0) is 14.8 Å². The smallest absolute Gasteiger partial charge is 0.264 e. The monoisotopic (exact) mass is 406 g/mol. The quantitative estimate of drug-likeness (QED) is 0.692. The van der Waals surface area contributed by atoms with Gasteiger partial charge < -0.3 is 14.8 Å². The van der Waals surface area contributed by atoms with Crippen LogP contribution in [-0.4, -0.2) is 41.1 Å². The Balaban J connectivity index is 2.52. The molecular weight excluding hydrogens is 380 g/mol. The van der Waals surface area contributed by atoms with Crippen molar-refractivity contribution in [2.45, 2.75) is 31.2 Å². The number of hydrogen-bond donors (Lipinski definition) is 1. The van der Waals surface area contributed by atoms with Gasteiger partial charge in [-0.15, -0.1) is 0 Å². The number of nitrogens with zero attached hydrogens (tertiary/aromatic N) is 1. The maximum atomic E-state index is 13.3. The van der Waals surface area contributed by atoms with E-state index in [1.165, 1.54) is 26.4 Å². The first kappa shape index (κ1) is 21.6. The fourth-order valence-electron chi connectivity index (χ4n) is 2.56. The molecule has 2 aromatic carbocycles. The van der Waals surface area contributed by atoms with E-state index in [2.05, 4.69) is 5.32 Å². The Hall–Kier alpha value is -2.74. The number of anilines is 1. The van der Waals surface area contributed by atoms with Crippen LogP contribution in [0.4, 0.5) is 5.69 Å². The van der Waals surface area contributed by atoms with Gasteiger partial charge in [0.15, 0.2) is 0 Å². The number of sulfonamides is 1. The summed E-state index contributed by atoms with van der Waals surface area (Å²) in [5, 5.41) is 2.80. The number of rotatable bonds is 9. The molecule has 152 valence electrons. The van der Waals surface area contributed by atoms with Crippen LogP contribution in [0.2, 0.25) is 0 Å². The second-order valence-corrected chi connectivity index (χ2v) is 8.10. The Labute approximate surface area is 166 Å². The standard InChI is InChI=1S/C20H26N2O5S/c1-5-15(2)21-20(23)14-22(28(24,25)17-9-7-6-8-10-17)18-12-11-16(26-3)13-19(18)27-4/h6-13,15H,5,14H2,1-4H3,(H,21,23). The Morgan fingerprint density at radius 1 is 1.11 bits per heavy atom. The van der Waals surface area contributed by atoms with E-state index in [0.29, 0.717) is 5.75 Å². The van der Waals surface area contributed by atoms with Gasteiger partial charge in [-0.1, -0.05) is 25.1 Å². The predicted octanol–water partition coefficient (Wildman–Crippen LogP) is 2.81. The molecule has 0 aliphatic rings. The van der Waals surface area contributed by atoms with Crippen LogP contribution in [0.15, 0.2) is 53.4 Å². The molecule has 1 N–H and O–H groups in total. The lowest BCUT2D eigenvalue weighted by Gasteiger charge is -2.26. The van der Waals surface area contributed by atoms with Crippen LogP contribution in [0, 0.1) is 0 Å². The third-order valence-electron chi connectivity index (χ3n) is 4.29. The van der Waals surface area contributed by atoms with Crippen LogP contribution >= 0.6 is 0 Å². The first-order valence-corrected chi connectivity index (χ1v) is 10.4. The second kappa shape index (κ2) is 9.45. The van der Waals surface area contributed by atoms with E-state index >= 15 is 0 Å². The zero-order valence-electron chi connectivity index (χ0n) is 16.5. The maximum absolute atomic E-state index is 13.3. The summed E-state index contributed by atoms with van der Waals surface area (Å²) in [6.45, 7) is 3.43. The van der Waals surface area contributed by atoms with E-state index in [1.54, 1.807) is 36.4 Å². The highest BCUT2D eigenvalue weighted by molar-refractivity contribution is 7.92. The zero-order valence-corrected chi connectivity index (χ0v) is 17.3. The van der Waals surface area contributed by atoms with E-state index in [0.717, 1.165) is 10.7 Å². The molecule has 1 amide bonds. The van der Waals surface area contributed by atoms with E-state index in [1.807, 2.05) is 13.8 Å². The third kappa shape index (κ3) is 4.95. The highest BCUT2D eigenvalue weighted by Gasteiger charge is 2.29. The van der Waals surface area contributed by atoms with E-state index in [9.17, 15) is 13.2 Å². The number of nitrogens with one attached hydrogen (secondary N) is 1. The minimum atomic E-state index is -3.99. The van der Waals surface area contributed by atoms with Gasteiger partial charge in [-0.25, -0.2) is 8.42 Å². The normalized spacial score (nSPS) is 12.1. The van der Waals surface area contributed by atoms with Crippen molar-refractivity contribution in [3.05, 3.63) is 48.5 Å². The van der Waals surface area contributed by atoms with Gasteiger partial charge in [0.1, 0.15) is 18.0 Å². The topological polar surface area (TPSA) is 84.9 Å². The van der Waals surface area contributed by atoms with Crippen LogP contribution in [0.5, 0.6) is 11.5 Å². The molecule has 0 heterocycles. The van der Waals surface area contributed by atoms with E-state index < -0.39 is 15.9 Å². The number of hydrogen-bond acceptors (Lipinski definition) is 5. The lowest BCUT2D eigenvalue weighted by atomic mass is 10.2. The highest BCUT2D eigenvalue weighted by Crippen LogP contribution is 2.35. The number of carbonyl (C=O) groups is 1. The molecule has 1 atom stereocenters. The molecule has 0 saturated heterocycles. The fourth-order valence-corrected chi connectivity index (χ4v) is 4.02. The van der Waals surface area contributed by atoms with Crippen molar-refractivity contribution >= 4 is 21.6 Å². The van der Waals surface area contributed by atoms with Crippen LogP contribution in [0.1, 0.15) is 20.3 Å². The van der Waals surface area contributed by atoms with Crippen LogP contribution in [0.25, 0.3) is 0 Å². The third-order valence-corrected chi connectivity index (χ3v) is 6.07. The van der Waals surface area contributed by atoms with Gasteiger partial charge in [0.05, 0.1) is 24.8 Å². The number of ether oxygens (including phenoxy) is 2. The lowest BCUT2D eigenvalue weighted by Crippen LogP contribution is -2.43. The predicted molar refractivity (Wildman–Crippen MR) is 108 cm³/mol. The number of carbonyl (C=O) groups excluding carboxylic acids is 1. The highest BCUT2D eigenvalue weighted by atomic mass is 32.2. The Morgan fingerprint density at radius 2 is 1.79 bits per heavy atom. The van der Waals surface area contributed by atoms with Crippen molar-refractivity contribution in [3.8, 4) is 11.5 Å². The molecule has 7 nitrogen and oxygen atoms in total. The van der Waals surface area contributed by atoms with Gasteiger partial charge in [-0.2, -0.15) is 0 Å². The lowest BCUT2D eigenvalue weighted by molar-refractivity contribution is -0.120. The molecular formula is C20H26N2O5S. The van der Waals surface area contributed by atoms with Gasteiger partial charge in [-0.3, -0.25) is 9.10 Å². The maximum Gasteiger partial charge on any atom is 0.264 e. The van der Waals surface area contributed by atoms with Gasteiger partial charge in [0, 0.05) is 12.1 Å². The first-order valence-electron chi connectivity index (χ1n) is 8.92. The first-order chi connectivity index (χ1) is 13.3. The van der Waals surface area contributed by atoms with Crippen molar-refractivity contribution in [1.82, 2.24) is 5.32 Å². The molecule has 0 bridgehead atoms. The molecule has 0 aromatic heterocycles. The Bertz CT molecular complexity index is 900. The van der Waals surface area contributed by atoms with Crippen LogP contribution in [0.3, 0.4) is 0 Å². The summed E-state index contributed by atoms with van der Waals surface area (Å²) < 4.78 is 38.2. The average molecular weight is 407 g/mol. The number of benzene rings is 2. The fraction of sp³-hybridized carbons (Fsp3) is 0.350. The SMILES string of the molecule is CCC(C)NC(=O)CN(c1ccc(OC)cc1OC)S(=O)(=O)c1ccccc1. The van der Waals surface area contributed by atoms with Crippen LogP contribution < -0.4 is 19.1 Å². The Morgan fingerprint density at radius 3 is 2.36 bits per heavy atom. The molecule has 0 saturated carbocycles. The van der Waals surface area contributed by atoms with Gasteiger partial charge >= 0.3 is 0 Å². The summed E-state index contributed by atoms with van der Waals surface area (Å²) in [7, 11) is -1.05. The van der Waals surface area contributed by atoms with E-state index in [4.69, 9.17) is 9.47 Å². The van der Waals surface area contributed by atoms with Crippen molar-refractivity contribution in [2.75, 3.05) is 25.1 Å². The molecule has 8 heteroatoms. The Kier molecular flexibility index (Phi) is 7.28. The molecule has 0 fully saturated rings. The van der Waals surface area contributed by atoms with Gasteiger partial charge in [0.25, 0.3) is 10.0 Å². The van der Waals surface area contributed by atoms with E-state index in [-0.39, 0.29) is 28.9 Å². The number of methoxy groups -OCH3 is 2. The molecule has 1 unspecified atom stereocenters. The van der Waals surface area contributed by atoms with Gasteiger partial charge in [-0.05, 0) is 37.6 Å². The van der Waals surface area contributed by atoms with Crippen molar-refractivity contribution in [3.63, 3.8) is 0 Å². The second-order valence-electron chi connectivity index (χ2n) is 6.24. The molecule has 28 heavy (non-hydrogen) atoms. The average Bonchev–Trinajstić information content (AvgIpc) is 2.72. The molecule has 0 aliphatic heterocycles.